The van der Waals surface area contributed by atoms with E-state index in [0.29, 0.717) is 16.5 Å². The normalized spacial score (nSPS) is 10.9. The highest BCUT2D eigenvalue weighted by Crippen LogP contribution is 2.36. The Morgan fingerprint density at radius 3 is 2.37 bits per heavy atom. The molecule has 1 N–H and O–H groups in total. The molecule has 0 aliphatic heterocycles. The molecule has 180 valence electrons. The fourth-order valence-corrected chi connectivity index (χ4v) is 3.70. The minimum atomic E-state index is -1.19. The van der Waals surface area contributed by atoms with E-state index >= 15 is 0 Å². The lowest BCUT2D eigenvalue weighted by Crippen LogP contribution is -2.10. The molecule has 9 nitrogen and oxygen atoms in total. The third kappa shape index (κ3) is 4.01. The van der Waals surface area contributed by atoms with E-state index in [9.17, 15) is 23.7 Å². The van der Waals surface area contributed by atoms with Crippen LogP contribution in [0, 0.1) is 35.6 Å². The van der Waals surface area contributed by atoms with E-state index in [-0.39, 0.29) is 40.0 Å². The first-order valence-electron chi connectivity index (χ1n) is 10.2. The number of pyridine rings is 1. The van der Waals surface area contributed by atoms with Gasteiger partial charge in [0.25, 0.3) is 5.69 Å². The number of nitrogens with zero attached hydrogens (tertiary/aromatic N) is 2. The number of benzene rings is 2. The molecule has 0 bridgehead atoms. The van der Waals surface area contributed by atoms with Crippen molar-refractivity contribution in [2.24, 2.45) is 0 Å². The zero-order chi connectivity index (χ0) is 25.4. The maximum atomic E-state index is 14.9. The number of rotatable bonds is 7. The van der Waals surface area contributed by atoms with Crippen LogP contribution >= 0.6 is 0 Å². The number of aryl methyl sites for hydroxylation is 2. The standard InChI is InChI=1S/C24H19F2N3O6/c1-11-6-5-7-14(29(31)32)22(11)28-18-8-13-12(2)24(35-17(13)10-27-18)23(30)19-20(25)15(33-3)9-16(34-4)21(19)26/h5-10H,1-4H3,(H,27,28). The molecule has 0 aliphatic rings. The van der Waals surface area contributed by atoms with E-state index in [4.69, 9.17) is 13.9 Å². The van der Waals surface area contributed by atoms with Gasteiger partial charge in [-0.2, -0.15) is 0 Å². The summed E-state index contributed by atoms with van der Waals surface area (Å²) in [5.41, 5.74) is 0.352. The summed E-state index contributed by atoms with van der Waals surface area (Å²) >= 11 is 0. The van der Waals surface area contributed by atoms with E-state index in [1.165, 1.54) is 32.5 Å². The van der Waals surface area contributed by atoms with Gasteiger partial charge in [0, 0.05) is 23.1 Å². The molecule has 0 aliphatic carbocycles. The highest BCUT2D eigenvalue weighted by atomic mass is 19.1. The summed E-state index contributed by atoms with van der Waals surface area (Å²) in [6.07, 6.45) is 1.31. The molecule has 0 amide bonds. The van der Waals surface area contributed by atoms with E-state index in [1.807, 2.05) is 0 Å². The highest BCUT2D eigenvalue weighted by molar-refractivity contribution is 6.11. The van der Waals surface area contributed by atoms with Crippen LogP contribution < -0.4 is 14.8 Å². The Labute approximate surface area is 197 Å². The molecular formula is C24H19F2N3O6. The fraction of sp³-hybridized carbons (Fsp3) is 0.167. The first-order valence-corrected chi connectivity index (χ1v) is 10.2. The van der Waals surface area contributed by atoms with Gasteiger partial charge in [0.1, 0.15) is 17.1 Å². The van der Waals surface area contributed by atoms with Gasteiger partial charge < -0.3 is 19.2 Å². The number of anilines is 2. The van der Waals surface area contributed by atoms with Crippen molar-refractivity contribution in [3.8, 4) is 11.5 Å². The Morgan fingerprint density at radius 1 is 1.11 bits per heavy atom. The first kappa shape index (κ1) is 23.6. The van der Waals surface area contributed by atoms with Crippen LogP contribution in [0.2, 0.25) is 0 Å². The molecule has 2 heterocycles. The maximum Gasteiger partial charge on any atom is 0.292 e. The van der Waals surface area contributed by atoms with Crippen LogP contribution in [-0.2, 0) is 0 Å². The average molecular weight is 483 g/mol. The second-order valence-electron chi connectivity index (χ2n) is 7.59. The Kier molecular flexibility index (Phi) is 6.08. The third-order valence-corrected chi connectivity index (χ3v) is 5.53. The number of nitrogens with one attached hydrogen (secondary N) is 1. The van der Waals surface area contributed by atoms with Crippen LogP contribution in [0.25, 0.3) is 11.0 Å². The zero-order valence-corrected chi connectivity index (χ0v) is 19.1. The molecule has 11 heteroatoms. The molecule has 4 aromatic rings. The van der Waals surface area contributed by atoms with Crippen molar-refractivity contribution in [2.75, 3.05) is 19.5 Å². The van der Waals surface area contributed by atoms with Crippen molar-refractivity contribution in [1.29, 1.82) is 0 Å². The molecule has 2 aromatic carbocycles. The SMILES string of the molecule is COc1cc(OC)c(F)c(C(=O)c2oc3cnc(Nc4c(C)cccc4[N+](=O)[O-])cc3c2C)c1F. The van der Waals surface area contributed by atoms with Gasteiger partial charge in [-0.3, -0.25) is 14.9 Å². The maximum absolute atomic E-state index is 14.9. The number of hydrogen-bond donors (Lipinski definition) is 1. The van der Waals surface area contributed by atoms with Crippen LogP contribution in [0.15, 0.2) is 40.9 Å². The Morgan fingerprint density at radius 2 is 1.77 bits per heavy atom. The van der Waals surface area contributed by atoms with Crippen molar-refractivity contribution in [1.82, 2.24) is 4.98 Å². The Bertz CT molecular complexity index is 1470. The second kappa shape index (κ2) is 9.01. The van der Waals surface area contributed by atoms with Crippen LogP contribution in [0.5, 0.6) is 11.5 Å². The summed E-state index contributed by atoms with van der Waals surface area (Å²) in [6, 6.07) is 7.16. The first-order chi connectivity index (χ1) is 16.7. The van der Waals surface area contributed by atoms with Crippen LogP contribution in [0.3, 0.4) is 0 Å². The number of ketones is 1. The molecule has 0 saturated carbocycles. The van der Waals surface area contributed by atoms with Gasteiger partial charge in [-0.25, -0.2) is 13.8 Å². The van der Waals surface area contributed by atoms with Gasteiger partial charge in [0.2, 0.25) is 5.78 Å². The average Bonchev–Trinajstić information content (AvgIpc) is 3.16. The number of halogens is 2. The van der Waals surface area contributed by atoms with Crippen molar-refractivity contribution in [3.05, 3.63) is 80.7 Å². The van der Waals surface area contributed by atoms with Crippen molar-refractivity contribution in [3.63, 3.8) is 0 Å². The fourth-order valence-electron chi connectivity index (χ4n) is 3.70. The summed E-state index contributed by atoms with van der Waals surface area (Å²) in [5.74, 6) is -4.21. The molecule has 0 fully saturated rings. The molecule has 2 aromatic heterocycles. The monoisotopic (exact) mass is 483 g/mol. The summed E-state index contributed by atoms with van der Waals surface area (Å²) in [6.45, 7) is 3.26. The van der Waals surface area contributed by atoms with Gasteiger partial charge in [-0.15, -0.1) is 0 Å². The molecule has 4 rings (SSSR count). The summed E-state index contributed by atoms with van der Waals surface area (Å²) < 4.78 is 45.1. The minimum absolute atomic E-state index is 0.135. The Balaban J connectivity index is 1.79. The number of methoxy groups -OCH3 is 2. The van der Waals surface area contributed by atoms with Crippen molar-refractivity contribution < 1.29 is 32.4 Å². The van der Waals surface area contributed by atoms with Gasteiger partial charge in [0.05, 0.1) is 25.3 Å². The largest absolute Gasteiger partial charge is 0.494 e. The van der Waals surface area contributed by atoms with Crippen molar-refractivity contribution in [2.45, 2.75) is 13.8 Å². The number of hydrogen-bond acceptors (Lipinski definition) is 8. The molecule has 0 saturated heterocycles. The predicted octanol–water partition coefficient (Wildman–Crippen LogP) is 5.62. The number of carbonyl (C=O) groups is 1. The third-order valence-electron chi connectivity index (χ3n) is 5.53. The second-order valence-corrected chi connectivity index (χ2v) is 7.59. The lowest BCUT2D eigenvalue weighted by molar-refractivity contribution is -0.384. The van der Waals surface area contributed by atoms with E-state index in [0.717, 1.165) is 6.07 Å². The van der Waals surface area contributed by atoms with Crippen LogP contribution in [-0.4, -0.2) is 29.9 Å². The number of nitro benzene ring substituents is 1. The molecular weight excluding hydrogens is 464 g/mol. The zero-order valence-electron chi connectivity index (χ0n) is 19.1. The number of para-hydroxylation sites is 1. The molecule has 0 atom stereocenters. The number of fused-ring (bicyclic) bond motifs is 1. The number of nitro groups is 1. The van der Waals surface area contributed by atoms with Crippen molar-refractivity contribution >= 4 is 33.9 Å². The van der Waals surface area contributed by atoms with Gasteiger partial charge in [-0.1, -0.05) is 12.1 Å². The predicted molar refractivity (Wildman–Crippen MR) is 123 cm³/mol. The van der Waals surface area contributed by atoms with E-state index in [2.05, 4.69) is 10.3 Å². The topological polar surface area (TPSA) is 117 Å². The number of ether oxygens (including phenoxy) is 2. The quantitative estimate of drug-likeness (QED) is 0.204. The summed E-state index contributed by atoms with van der Waals surface area (Å²) in [4.78, 5) is 28.2. The van der Waals surface area contributed by atoms with Gasteiger partial charge in [-0.05, 0) is 25.5 Å². The lowest BCUT2D eigenvalue weighted by atomic mass is 10.0. The number of aromatic nitrogens is 1. The number of carbonyl (C=O) groups excluding carboxylic acids is 1. The van der Waals surface area contributed by atoms with Crippen LogP contribution in [0.4, 0.5) is 26.0 Å². The Hall–Kier alpha value is -4.54. The van der Waals surface area contributed by atoms with E-state index < -0.39 is 27.9 Å². The van der Waals surface area contributed by atoms with E-state index in [1.54, 1.807) is 26.0 Å². The van der Waals surface area contributed by atoms with Crippen LogP contribution in [0.1, 0.15) is 27.2 Å². The smallest absolute Gasteiger partial charge is 0.292 e. The van der Waals surface area contributed by atoms with Gasteiger partial charge in [0.15, 0.2) is 34.5 Å². The minimum Gasteiger partial charge on any atom is -0.494 e. The molecule has 0 unspecified atom stereocenters. The number of furan rings is 1. The summed E-state index contributed by atoms with van der Waals surface area (Å²) in [7, 11) is 2.35. The van der Waals surface area contributed by atoms with Gasteiger partial charge >= 0.3 is 0 Å². The highest BCUT2D eigenvalue weighted by Gasteiger charge is 2.30. The lowest BCUT2D eigenvalue weighted by Gasteiger charge is -2.11. The molecule has 0 spiro atoms. The summed E-state index contributed by atoms with van der Waals surface area (Å²) in [5, 5.41) is 14.8. The molecule has 0 radical (unpaired) electrons. The molecule has 35 heavy (non-hydrogen) atoms.